The highest BCUT2D eigenvalue weighted by Gasteiger charge is 2.23. The summed E-state index contributed by atoms with van der Waals surface area (Å²) in [4.78, 5) is 24.6. The average molecular weight is 355 g/mol. The molecule has 1 aliphatic carbocycles. The molecule has 2 N–H and O–H groups in total. The van der Waals surface area contributed by atoms with Gasteiger partial charge >= 0.3 is 5.97 Å². The minimum absolute atomic E-state index is 0.183. The average Bonchev–Trinajstić information content (AvgIpc) is 3.02. The number of esters is 1. The van der Waals surface area contributed by atoms with Gasteiger partial charge in [0.2, 0.25) is 0 Å². The second-order valence-corrected chi connectivity index (χ2v) is 6.78. The van der Waals surface area contributed by atoms with Gasteiger partial charge in [-0.1, -0.05) is 56.0 Å². The van der Waals surface area contributed by atoms with Gasteiger partial charge in [0.25, 0.3) is 5.91 Å². The van der Waals surface area contributed by atoms with E-state index in [1.807, 2.05) is 30.3 Å². The number of amides is 1. The molecule has 3 rings (SSSR count). The molecular weight excluding hydrogens is 330 g/mol. The van der Waals surface area contributed by atoms with Crippen molar-refractivity contribution in [2.45, 2.75) is 57.6 Å². The van der Waals surface area contributed by atoms with Gasteiger partial charge in [0.1, 0.15) is 5.69 Å². The highest BCUT2D eigenvalue weighted by atomic mass is 16.5. The number of hydrogen-bond donors (Lipinski definition) is 2. The summed E-state index contributed by atoms with van der Waals surface area (Å²) < 4.78 is 5.30. The molecule has 6 nitrogen and oxygen atoms in total. The fourth-order valence-corrected chi connectivity index (χ4v) is 3.20. The van der Waals surface area contributed by atoms with Gasteiger partial charge in [0.15, 0.2) is 6.10 Å². The fraction of sp³-hybridized carbons (Fsp3) is 0.450. The molecule has 0 spiro atoms. The van der Waals surface area contributed by atoms with Crippen LogP contribution in [0.4, 0.5) is 0 Å². The van der Waals surface area contributed by atoms with Crippen molar-refractivity contribution in [3.8, 4) is 11.3 Å². The van der Waals surface area contributed by atoms with E-state index in [2.05, 4.69) is 15.5 Å². The Kier molecular flexibility index (Phi) is 6.04. The summed E-state index contributed by atoms with van der Waals surface area (Å²) in [6, 6.07) is 11.4. The van der Waals surface area contributed by atoms with Gasteiger partial charge < -0.3 is 10.1 Å². The van der Waals surface area contributed by atoms with Crippen LogP contribution in [0.15, 0.2) is 36.4 Å². The van der Waals surface area contributed by atoms with Crippen LogP contribution >= 0.6 is 0 Å². The number of aromatic amines is 1. The topological polar surface area (TPSA) is 84.1 Å². The van der Waals surface area contributed by atoms with E-state index < -0.39 is 12.1 Å². The number of benzene rings is 1. The summed E-state index contributed by atoms with van der Waals surface area (Å²) >= 11 is 0. The molecule has 1 fully saturated rings. The summed E-state index contributed by atoms with van der Waals surface area (Å²) in [5.74, 6) is -0.823. The van der Waals surface area contributed by atoms with Crippen molar-refractivity contribution in [2.24, 2.45) is 0 Å². The zero-order chi connectivity index (χ0) is 18.4. The number of carbonyl (C=O) groups is 2. The Morgan fingerprint density at radius 2 is 1.85 bits per heavy atom. The van der Waals surface area contributed by atoms with Gasteiger partial charge in [-0.3, -0.25) is 9.89 Å². The standard InChI is InChI=1S/C20H25N3O3/c1-14(19(24)21-16-11-7-2-3-8-12-16)26-20(25)18-13-17(22-23-18)15-9-5-4-6-10-15/h4-6,9-10,13-14,16H,2-3,7-8,11-12H2,1H3,(H,21,24)(H,22,23). The lowest BCUT2D eigenvalue weighted by molar-refractivity contribution is -0.129. The number of nitrogens with zero attached hydrogens (tertiary/aromatic N) is 1. The van der Waals surface area contributed by atoms with Gasteiger partial charge in [-0.15, -0.1) is 0 Å². The number of ether oxygens (including phenoxy) is 1. The maximum Gasteiger partial charge on any atom is 0.357 e. The lowest BCUT2D eigenvalue weighted by atomic mass is 10.1. The van der Waals surface area contributed by atoms with E-state index in [9.17, 15) is 9.59 Å². The number of rotatable bonds is 5. The zero-order valence-electron chi connectivity index (χ0n) is 15.0. The molecule has 2 aromatic rings. The third-order valence-electron chi connectivity index (χ3n) is 4.72. The fourth-order valence-electron chi connectivity index (χ4n) is 3.20. The molecule has 0 radical (unpaired) electrons. The van der Waals surface area contributed by atoms with Gasteiger partial charge in [-0.05, 0) is 25.8 Å². The molecule has 26 heavy (non-hydrogen) atoms. The first kappa shape index (κ1) is 18.2. The normalized spacial score (nSPS) is 16.5. The molecule has 0 bridgehead atoms. The van der Waals surface area contributed by atoms with E-state index in [0.717, 1.165) is 31.2 Å². The first-order valence-corrected chi connectivity index (χ1v) is 9.25. The first-order valence-electron chi connectivity index (χ1n) is 9.25. The smallest absolute Gasteiger partial charge is 0.357 e. The lowest BCUT2D eigenvalue weighted by Gasteiger charge is -2.19. The van der Waals surface area contributed by atoms with Crippen molar-refractivity contribution in [1.29, 1.82) is 0 Å². The van der Waals surface area contributed by atoms with Crippen LogP contribution in [0.25, 0.3) is 11.3 Å². The number of H-pyrrole nitrogens is 1. The van der Waals surface area contributed by atoms with Crippen LogP contribution in [0.3, 0.4) is 0 Å². The van der Waals surface area contributed by atoms with Gasteiger partial charge in [-0.25, -0.2) is 4.79 Å². The Hall–Kier alpha value is -2.63. The van der Waals surface area contributed by atoms with Gasteiger partial charge in [0.05, 0.1) is 5.69 Å². The van der Waals surface area contributed by atoms with Crippen LogP contribution in [0.5, 0.6) is 0 Å². The molecule has 138 valence electrons. The monoisotopic (exact) mass is 355 g/mol. The van der Waals surface area contributed by atoms with E-state index in [4.69, 9.17) is 4.74 Å². The number of hydrogen-bond acceptors (Lipinski definition) is 4. The minimum atomic E-state index is -0.839. The molecule has 0 aliphatic heterocycles. The Morgan fingerprint density at radius 3 is 2.54 bits per heavy atom. The predicted molar refractivity (Wildman–Crippen MR) is 98.5 cm³/mol. The van der Waals surface area contributed by atoms with Crippen molar-refractivity contribution >= 4 is 11.9 Å². The second kappa shape index (κ2) is 8.65. The van der Waals surface area contributed by atoms with Crippen LogP contribution in [0.1, 0.15) is 55.9 Å². The first-order chi connectivity index (χ1) is 12.6. The third kappa shape index (κ3) is 4.71. The molecule has 6 heteroatoms. The molecule has 1 aromatic heterocycles. The van der Waals surface area contributed by atoms with E-state index in [1.54, 1.807) is 13.0 Å². The maximum absolute atomic E-state index is 12.3. The molecule has 1 aromatic carbocycles. The summed E-state index contributed by atoms with van der Waals surface area (Å²) in [5, 5.41) is 9.82. The van der Waals surface area contributed by atoms with E-state index >= 15 is 0 Å². The number of aromatic nitrogens is 2. The number of nitrogens with one attached hydrogen (secondary N) is 2. The Morgan fingerprint density at radius 1 is 1.15 bits per heavy atom. The summed E-state index contributed by atoms with van der Waals surface area (Å²) in [6.07, 6.45) is 5.86. The lowest BCUT2D eigenvalue weighted by Crippen LogP contribution is -2.41. The maximum atomic E-state index is 12.3. The molecule has 1 unspecified atom stereocenters. The summed E-state index contributed by atoms with van der Waals surface area (Å²) in [5.41, 5.74) is 1.80. The molecule has 1 aliphatic rings. The van der Waals surface area contributed by atoms with Gasteiger partial charge in [-0.2, -0.15) is 5.10 Å². The highest BCUT2D eigenvalue weighted by Crippen LogP contribution is 2.19. The highest BCUT2D eigenvalue weighted by molar-refractivity contribution is 5.91. The Bertz CT molecular complexity index is 734. The van der Waals surface area contributed by atoms with Crippen molar-refractivity contribution < 1.29 is 14.3 Å². The van der Waals surface area contributed by atoms with Crippen molar-refractivity contribution in [2.75, 3.05) is 0 Å². The Labute approximate surface area is 153 Å². The van der Waals surface area contributed by atoms with Crippen LogP contribution < -0.4 is 5.32 Å². The van der Waals surface area contributed by atoms with Crippen molar-refractivity contribution in [3.05, 3.63) is 42.1 Å². The quantitative estimate of drug-likeness (QED) is 0.635. The molecule has 1 heterocycles. The van der Waals surface area contributed by atoms with Gasteiger partial charge in [0, 0.05) is 11.6 Å². The SMILES string of the molecule is CC(OC(=O)c1cc(-c2ccccc2)n[nH]1)C(=O)NC1CCCCCC1. The summed E-state index contributed by atoms with van der Waals surface area (Å²) in [6.45, 7) is 1.60. The molecule has 1 amide bonds. The van der Waals surface area contributed by atoms with Crippen molar-refractivity contribution in [3.63, 3.8) is 0 Å². The number of carbonyl (C=O) groups excluding carboxylic acids is 2. The zero-order valence-corrected chi connectivity index (χ0v) is 15.0. The molecule has 0 saturated heterocycles. The van der Waals surface area contributed by atoms with E-state index in [-0.39, 0.29) is 17.6 Å². The largest absolute Gasteiger partial charge is 0.448 e. The van der Waals surface area contributed by atoms with E-state index in [0.29, 0.717) is 5.69 Å². The summed E-state index contributed by atoms with van der Waals surface area (Å²) in [7, 11) is 0. The minimum Gasteiger partial charge on any atom is -0.448 e. The van der Waals surface area contributed by atoms with Crippen LogP contribution in [-0.2, 0) is 9.53 Å². The molecule has 1 atom stereocenters. The Balaban J connectivity index is 1.55. The van der Waals surface area contributed by atoms with E-state index in [1.165, 1.54) is 12.8 Å². The second-order valence-electron chi connectivity index (χ2n) is 6.78. The third-order valence-corrected chi connectivity index (χ3v) is 4.72. The molecular formula is C20H25N3O3. The van der Waals surface area contributed by atoms with Crippen LogP contribution in [-0.4, -0.2) is 34.2 Å². The van der Waals surface area contributed by atoms with Crippen LogP contribution in [0.2, 0.25) is 0 Å². The van der Waals surface area contributed by atoms with Crippen molar-refractivity contribution in [1.82, 2.24) is 15.5 Å². The predicted octanol–water partition coefficient (Wildman–Crippen LogP) is 3.46. The van der Waals surface area contributed by atoms with Crippen LogP contribution in [0, 0.1) is 0 Å². The molecule has 1 saturated carbocycles.